The normalized spacial score (nSPS) is 18.5. The lowest BCUT2D eigenvalue weighted by molar-refractivity contribution is -0.127. The monoisotopic (exact) mass is 196 g/mol. The molecule has 0 aromatic carbocycles. The fourth-order valence-corrected chi connectivity index (χ4v) is 2.11. The summed E-state index contributed by atoms with van der Waals surface area (Å²) in [4.78, 5) is 11.8. The van der Waals surface area contributed by atoms with Crippen molar-refractivity contribution in [3.05, 3.63) is 0 Å². The van der Waals surface area contributed by atoms with Gasteiger partial charge in [0.25, 0.3) is 0 Å². The van der Waals surface area contributed by atoms with Crippen molar-refractivity contribution in [2.75, 3.05) is 0 Å². The van der Waals surface area contributed by atoms with Crippen LogP contribution in [0.4, 0.5) is 0 Å². The van der Waals surface area contributed by atoms with Crippen LogP contribution in [0.25, 0.3) is 0 Å². The van der Waals surface area contributed by atoms with Crippen LogP contribution in [-0.2, 0) is 4.79 Å². The van der Waals surface area contributed by atoms with E-state index in [9.17, 15) is 4.79 Å². The SMILES string of the molecule is CCC(CC)[N]C(=O)C1CCCCC1. The van der Waals surface area contributed by atoms with Gasteiger partial charge in [-0.15, -0.1) is 0 Å². The summed E-state index contributed by atoms with van der Waals surface area (Å²) in [5.41, 5.74) is 0. The summed E-state index contributed by atoms with van der Waals surface area (Å²) in [6.07, 6.45) is 7.87. The molecule has 0 aliphatic heterocycles. The molecule has 0 spiro atoms. The van der Waals surface area contributed by atoms with Crippen LogP contribution in [0, 0.1) is 5.92 Å². The van der Waals surface area contributed by atoms with Crippen molar-refractivity contribution < 1.29 is 4.79 Å². The average molecular weight is 196 g/mol. The molecule has 1 aliphatic carbocycles. The quantitative estimate of drug-likeness (QED) is 0.680. The smallest absolute Gasteiger partial charge is 0.244 e. The summed E-state index contributed by atoms with van der Waals surface area (Å²) >= 11 is 0. The van der Waals surface area contributed by atoms with Crippen LogP contribution >= 0.6 is 0 Å². The minimum atomic E-state index is 0.179. The Hall–Kier alpha value is -0.530. The van der Waals surface area contributed by atoms with Crippen molar-refractivity contribution in [1.29, 1.82) is 0 Å². The Bertz CT molecular complexity index is 169. The first-order valence-corrected chi connectivity index (χ1v) is 6.02. The molecule has 0 aromatic heterocycles. The lowest BCUT2D eigenvalue weighted by Crippen LogP contribution is -2.33. The van der Waals surface area contributed by atoms with Crippen LogP contribution in [0.5, 0.6) is 0 Å². The van der Waals surface area contributed by atoms with E-state index in [1.54, 1.807) is 0 Å². The Balaban J connectivity index is 2.32. The highest BCUT2D eigenvalue weighted by Crippen LogP contribution is 2.24. The van der Waals surface area contributed by atoms with Crippen molar-refractivity contribution in [2.24, 2.45) is 5.92 Å². The number of nitrogens with zero attached hydrogens (tertiary/aromatic N) is 1. The molecule has 0 unspecified atom stereocenters. The molecular formula is C12H22NO. The molecule has 0 saturated heterocycles. The minimum Gasteiger partial charge on any atom is -0.273 e. The van der Waals surface area contributed by atoms with Crippen molar-refractivity contribution in [3.63, 3.8) is 0 Å². The summed E-state index contributed by atoms with van der Waals surface area (Å²) in [6.45, 7) is 4.21. The molecule has 1 radical (unpaired) electrons. The van der Waals surface area contributed by atoms with Gasteiger partial charge < -0.3 is 0 Å². The van der Waals surface area contributed by atoms with Crippen molar-refractivity contribution >= 4 is 5.91 Å². The van der Waals surface area contributed by atoms with Crippen molar-refractivity contribution in [3.8, 4) is 0 Å². The number of amides is 1. The van der Waals surface area contributed by atoms with Crippen LogP contribution in [0.3, 0.4) is 0 Å². The summed E-state index contributed by atoms with van der Waals surface area (Å²) in [7, 11) is 0. The third-order valence-electron chi connectivity index (χ3n) is 3.21. The van der Waals surface area contributed by atoms with E-state index in [1.165, 1.54) is 19.3 Å². The molecule has 1 aliphatic rings. The van der Waals surface area contributed by atoms with E-state index in [0.717, 1.165) is 25.7 Å². The standard InChI is InChI=1S/C12H22NO/c1-3-11(4-2)13-12(14)10-8-6-5-7-9-10/h10-11H,3-9H2,1-2H3. The van der Waals surface area contributed by atoms with Crippen molar-refractivity contribution in [2.45, 2.75) is 64.8 Å². The first-order valence-electron chi connectivity index (χ1n) is 6.02. The second-order valence-corrected chi connectivity index (χ2v) is 4.27. The summed E-state index contributed by atoms with van der Waals surface area (Å²) in [5.74, 6) is 0.433. The second kappa shape index (κ2) is 6.05. The Labute approximate surface area is 87.5 Å². The lowest BCUT2D eigenvalue weighted by Gasteiger charge is -2.21. The van der Waals surface area contributed by atoms with Crippen LogP contribution < -0.4 is 5.32 Å². The van der Waals surface area contributed by atoms with Gasteiger partial charge in [-0.1, -0.05) is 33.1 Å². The molecule has 0 bridgehead atoms. The lowest BCUT2D eigenvalue weighted by atomic mass is 9.88. The summed E-state index contributed by atoms with van der Waals surface area (Å²) in [6, 6.07) is 0.268. The molecule has 81 valence electrons. The third-order valence-corrected chi connectivity index (χ3v) is 3.21. The van der Waals surface area contributed by atoms with Crippen molar-refractivity contribution in [1.82, 2.24) is 5.32 Å². The summed E-state index contributed by atoms with van der Waals surface area (Å²) in [5, 5.41) is 4.30. The predicted octanol–water partition coefficient (Wildman–Crippen LogP) is 2.89. The van der Waals surface area contributed by atoms with E-state index in [4.69, 9.17) is 0 Å². The Morgan fingerprint density at radius 1 is 1.21 bits per heavy atom. The summed E-state index contributed by atoms with van der Waals surface area (Å²) < 4.78 is 0. The molecule has 1 fully saturated rings. The minimum absolute atomic E-state index is 0.179. The van der Waals surface area contributed by atoms with Gasteiger partial charge in [-0.25, -0.2) is 5.32 Å². The van der Waals surface area contributed by atoms with E-state index in [-0.39, 0.29) is 17.9 Å². The molecule has 1 amide bonds. The maximum Gasteiger partial charge on any atom is 0.244 e. The molecule has 2 heteroatoms. The molecule has 2 nitrogen and oxygen atoms in total. The fourth-order valence-electron chi connectivity index (χ4n) is 2.11. The van der Waals surface area contributed by atoms with Gasteiger partial charge in [0.15, 0.2) is 0 Å². The Morgan fingerprint density at radius 2 is 1.79 bits per heavy atom. The third kappa shape index (κ3) is 3.32. The number of carbonyl (C=O) groups is 1. The molecule has 0 aromatic rings. The molecule has 1 rings (SSSR count). The van der Waals surface area contributed by atoms with Gasteiger partial charge in [-0.2, -0.15) is 0 Å². The van der Waals surface area contributed by atoms with E-state index in [0.29, 0.717) is 0 Å². The molecule has 0 heterocycles. The van der Waals surface area contributed by atoms with Gasteiger partial charge in [0, 0.05) is 5.92 Å². The second-order valence-electron chi connectivity index (χ2n) is 4.27. The topological polar surface area (TPSA) is 31.2 Å². The van der Waals surface area contributed by atoms with Crippen LogP contribution in [0.15, 0.2) is 0 Å². The van der Waals surface area contributed by atoms with E-state index < -0.39 is 0 Å². The number of hydrogen-bond donors (Lipinski definition) is 0. The van der Waals surface area contributed by atoms with E-state index in [1.807, 2.05) is 0 Å². The number of rotatable bonds is 4. The number of hydrogen-bond acceptors (Lipinski definition) is 1. The zero-order chi connectivity index (χ0) is 10.4. The van der Waals surface area contributed by atoms with Gasteiger partial charge >= 0.3 is 0 Å². The molecule has 1 saturated carbocycles. The Morgan fingerprint density at radius 3 is 2.29 bits per heavy atom. The highest BCUT2D eigenvalue weighted by Gasteiger charge is 2.23. The maximum absolute atomic E-state index is 11.8. The molecule has 0 atom stereocenters. The molecule has 14 heavy (non-hydrogen) atoms. The van der Waals surface area contributed by atoms with Crippen LogP contribution in [0.2, 0.25) is 0 Å². The van der Waals surface area contributed by atoms with Gasteiger partial charge in [0.1, 0.15) is 0 Å². The van der Waals surface area contributed by atoms with Gasteiger partial charge in [-0.3, -0.25) is 4.79 Å². The highest BCUT2D eigenvalue weighted by molar-refractivity contribution is 5.78. The first kappa shape index (κ1) is 11.5. The van der Waals surface area contributed by atoms with E-state index in [2.05, 4.69) is 19.2 Å². The molecule has 0 N–H and O–H groups in total. The molecular weight excluding hydrogens is 174 g/mol. The fraction of sp³-hybridized carbons (Fsp3) is 0.917. The van der Waals surface area contributed by atoms with Gasteiger partial charge in [0.2, 0.25) is 5.91 Å². The maximum atomic E-state index is 11.8. The predicted molar refractivity (Wildman–Crippen MR) is 58.1 cm³/mol. The average Bonchev–Trinajstić information content (AvgIpc) is 2.26. The number of carbonyl (C=O) groups excluding carboxylic acids is 1. The first-order chi connectivity index (χ1) is 6.77. The van der Waals surface area contributed by atoms with Gasteiger partial charge in [-0.05, 0) is 25.7 Å². The van der Waals surface area contributed by atoms with Crippen LogP contribution in [-0.4, -0.2) is 11.9 Å². The van der Waals surface area contributed by atoms with Crippen LogP contribution in [0.1, 0.15) is 58.8 Å². The highest BCUT2D eigenvalue weighted by atomic mass is 16.1. The van der Waals surface area contributed by atoms with E-state index >= 15 is 0 Å². The zero-order valence-electron chi connectivity index (χ0n) is 9.46. The Kier molecular flexibility index (Phi) is 4.99. The largest absolute Gasteiger partial charge is 0.273 e. The zero-order valence-corrected chi connectivity index (χ0v) is 9.46. The van der Waals surface area contributed by atoms with Gasteiger partial charge in [0.05, 0.1) is 6.04 Å².